The summed E-state index contributed by atoms with van der Waals surface area (Å²) in [5, 5.41) is 0. The van der Waals surface area contributed by atoms with Crippen LogP contribution in [0.25, 0.3) is 0 Å². The van der Waals surface area contributed by atoms with Gasteiger partial charge in [-0.25, -0.2) is 0 Å². The fourth-order valence-corrected chi connectivity index (χ4v) is 4.70. The Labute approximate surface area is 167 Å². The van der Waals surface area contributed by atoms with E-state index in [1.807, 2.05) is 30.1 Å². The molecule has 0 spiro atoms. The van der Waals surface area contributed by atoms with Crippen molar-refractivity contribution in [3.8, 4) is 0 Å². The summed E-state index contributed by atoms with van der Waals surface area (Å²) in [6, 6.07) is 6.34. The van der Waals surface area contributed by atoms with Crippen molar-refractivity contribution in [3.63, 3.8) is 0 Å². The maximum absolute atomic E-state index is 13.0. The van der Waals surface area contributed by atoms with Crippen molar-refractivity contribution in [2.24, 2.45) is 11.8 Å². The van der Waals surface area contributed by atoms with Gasteiger partial charge in [-0.2, -0.15) is 0 Å². The molecule has 0 unspecified atom stereocenters. The molecule has 28 heavy (non-hydrogen) atoms. The van der Waals surface area contributed by atoms with Crippen molar-refractivity contribution in [1.82, 2.24) is 19.7 Å². The van der Waals surface area contributed by atoms with E-state index in [2.05, 4.69) is 14.8 Å². The molecule has 3 aliphatic rings. The molecule has 152 valence electrons. The molecule has 1 atom stereocenters. The van der Waals surface area contributed by atoms with Gasteiger partial charge in [-0.1, -0.05) is 6.07 Å². The van der Waals surface area contributed by atoms with E-state index in [1.54, 1.807) is 6.20 Å². The molecular weight excluding hydrogens is 352 g/mol. The highest BCUT2D eigenvalue weighted by Gasteiger charge is 2.37. The van der Waals surface area contributed by atoms with Crippen LogP contribution in [-0.4, -0.2) is 70.8 Å². The SMILES string of the molecule is CN(Cc1ccccn1)C(=O)[C@@H]1CCCN(C2CCN(C(=O)C3CC3)CC2)C1. The van der Waals surface area contributed by atoms with Crippen LogP contribution in [0.2, 0.25) is 0 Å². The Kier molecular flexibility index (Phi) is 5.95. The predicted octanol–water partition coefficient (Wildman–Crippen LogP) is 2.15. The second kappa shape index (κ2) is 8.60. The fourth-order valence-electron chi connectivity index (χ4n) is 4.70. The van der Waals surface area contributed by atoms with Crippen molar-refractivity contribution >= 4 is 11.8 Å². The number of likely N-dealkylation sites (tertiary alicyclic amines) is 2. The molecule has 1 saturated carbocycles. The van der Waals surface area contributed by atoms with E-state index >= 15 is 0 Å². The largest absolute Gasteiger partial charge is 0.342 e. The molecule has 1 aliphatic carbocycles. The summed E-state index contributed by atoms with van der Waals surface area (Å²) in [5.74, 6) is 1.01. The molecule has 1 aromatic rings. The molecule has 3 fully saturated rings. The van der Waals surface area contributed by atoms with Crippen LogP contribution < -0.4 is 0 Å². The average Bonchev–Trinajstić information content (AvgIpc) is 3.59. The molecule has 0 bridgehead atoms. The molecule has 0 aromatic carbocycles. The normalized spacial score (nSPS) is 24.2. The van der Waals surface area contributed by atoms with Gasteiger partial charge in [0.25, 0.3) is 0 Å². The lowest BCUT2D eigenvalue weighted by molar-refractivity contribution is -0.137. The standard InChI is InChI=1S/C22H32N4O2/c1-24(16-19-6-2-3-11-23-19)21(27)18-5-4-12-26(15-18)20-9-13-25(14-10-20)22(28)17-7-8-17/h2-3,6,11,17-18,20H,4-5,7-10,12-16H2,1H3/t18-/m1/s1. The van der Waals surface area contributed by atoms with E-state index in [0.29, 0.717) is 24.4 Å². The molecule has 0 radical (unpaired) electrons. The highest BCUT2D eigenvalue weighted by molar-refractivity contribution is 5.81. The van der Waals surface area contributed by atoms with Crippen molar-refractivity contribution in [1.29, 1.82) is 0 Å². The Morgan fingerprint density at radius 3 is 2.54 bits per heavy atom. The maximum atomic E-state index is 13.0. The minimum Gasteiger partial charge on any atom is -0.342 e. The monoisotopic (exact) mass is 384 g/mol. The first-order chi connectivity index (χ1) is 13.6. The number of nitrogens with zero attached hydrogens (tertiary/aromatic N) is 4. The Balaban J connectivity index is 1.28. The summed E-state index contributed by atoms with van der Waals surface area (Å²) in [5.41, 5.74) is 0.929. The predicted molar refractivity (Wildman–Crippen MR) is 107 cm³/mol. The summed E-state index contributed by atoms with van der Waals surface area (Å²) in [4.78, 5) is 36.0. The van der Waals surface area contributed by atoms with Gasteiger partial charge >= 0.3 is 0 Å². The van der Waals surface area contributed by atoms with Crippen molar-refractivity contribution in [2.45, 2.75) is 51.1 Å². The van der Waals surface area contributed by atoms with E-state index in [1.165, 1.54) is 0 Å². The lowest BCUT2D eigenvalue weighted by atomic mass is 9.92. The molecule has 2 saturated heterocycles. The van der Waals surface area contributed by atoms with Gasteiger partial charge in [-0.3, -0.25) is 19.5 Å². The van der Waals surface area contributed by atoms with Crippen LogP contribution in [0.5, 0.6) is 0 Å². The molecule has 0 N–H and O–H groups in total. The molecule has 6 nitrogen and oxygen atoms in total. The minimum atomic E-state index is 0.0774. The maximum Gasteiger partial charge on any atom is 0.227 e. The van der Waals surface area contributed by atoms with Crippen LogP contribution in [0.1, 0.15) is 44.2 Å². The van der Waals surface area contributed by atoms with Gasteiger partial charge in [0.05, 0.1) is 18.2 Å². The summed E-state index contributed by atoms with van der Waals surface area (Å²) in [7, 11) is 1.89. The third kappa shape index (κ3) is 4.54. The quantitative estimate of drug-likeness (QED) is 0.781. The van der Waals surface area contributed by atoms with Crippen molar-refractivity contribution < 1.29 is 9.59 Å². The molecule has 3 heterocycles. The summed E-state index contributed by atoms with van der Waals surface area (Å²) in [6.45, 7) is 4.27. The lowest BCUT2D eigenvalue weighted by Crippen LogP contribution is -2.51. The number of amides is 2. The summed E-state index contributed by atoms with van der Waals surface area (Å²) in [6.07, 6.45) is 8.08. The number of hydrogen-bond acceptors (Lipinski definition) is 4. The number of aromatic nitrogens is 1. The van der Waals surface area contributed by atoms with Crippen LogP contribution in [0.15, 0.2) is 24.4 Å². The van der Waals surface area contributed by atoms with Crippen LogP contribution in [-0.2, 0) is 16.1 Å². The first-order valence-electron chi connectivity index (χ1n) is 10.8. The van der Waals surface area contributed by atoms with Crippen LogP contribution in [0.3, 0.4) is 0 Å². The molecule has 2 aliphatic heterocycles. The van der Waals surface area contributed by atoms with Crippen LogP contribution in [0.4, 0.5) is 0 Å². The lowest BCUT2D eigenvalue weighted by Gasteiger charge is -2.42. The van der Waals surface area contributed by atoms with Crippen LogP contribution >= 0.6 is 0 Å². The Bertz CT molecular complexity index is 683. The average molecular weight is 385 g/mol. The Hall–Kier alpha value is -1.95. The zero-order valence-electron chi connectivity index (χ0n) is 16.9. The topological polar surface area (TPSA) is 56.8 Å². The zero-order chi connectivity index (χ0) is 19.5. The Morgan fingerprint density at radius 2 is 1.86 bits per heavy atom. The third-order valence-electron chi connectivity index (χ3n) is 6.52. The Morgan fingerprint density at radius 1 is 1.07 bits per heavy atom. The zero-order valence-corrected chi connectivity index (χ0v) is 16.9. The van der Waals surface area contributed by atoms with Crippen LogP contribution in [0, 0.1) is 11.8 Å². The van der Waals surface area contributed by atoms with E-state index in [9.17, 15) is 9.59 Å². The first kappa shape index (κ1) is 19.4. The number of piperidine rings is 2. The van der Waals surface area contributed by atoms with Gasteiger partial charge < -0.3 is 9.80 Å². The first-order valence-corrected chi connectivity index (χ1v) is 10.8. The van der Waals surface area contributed by atoms with Crippen molar-refractivity contribution in [3.05, 3.63) is 30.1 Å². The molecule has 4 rings (SSSR count). The number of hydrogen-bond donors (Lipinski definition) is 0. The smallest absolute Gasteiger partial charge is 0.227 e. The highest BCUT2D eigenvalue weighted by Crippen LogP contribution is 2.32. The number of pyridine rings is 1. The van der Waals surface area contributed by atoms with Gasteiger partial charge in [0.15, 0.2) is 0 Å². The van der Waals surface area contributed by atoms with E-state index < -0.39 is 0 Å². The van der Waals surface area contributed by atoms with Gasteiger partial charge in [-0.15, -0.1) is 0 Å². The highest BCUT2D eigenvalue weighted by atomic mass is 16.2. The van der Waals surface area contributed by atoms with E-state index in [0.717, 1.165) is 70.4 Å². The number of carbonyl (C=O) groups is 2. The molecule has 2 amide bonds. The third-order valence-corrected chi connectivity index (χ3v) is 6.52. The summed E-state index contributed by atoms with van der Waals surface area (Å²) < 4.78 is 0. The van der Waals surface area contributed by atoms with Gasteiger partial charge in [-0.05, 0) is 57.2 Å². The molecule has 1 aromatic heterocycles. The fraction of sp³-hybridized carbons (Fsp3) is 0.682. The van der Waals surface area contributed by atoms with Gasteiger partial charge in [0.2, 0.25) is 11.8 Å². The summed E-state index contributed by atoms with van der Waals surface area (Å²) >= 11 is 0. The van der Waals surface area contributed by atoms with E-state index in [-0.39, 0.29) is 11.8 Å². The van der Waals surface area contributed by atoms with Gasteiger partial charge in [0.1, 0.15) is 0 Å². The van der Waals surface area contributed by atoms with E-state index in [4.69, 9.17) is 0 Å². The second-order valence-electron chi connectivity index (χ2n) is 8.68. The second-order valence-corrected chi connectivity index (χ2v) is 8.68. The molecular formula is C22H32N4O2. The number of rotatable bonds is 5. The van der Waals surface area contributed by atoms with Crippen molar-refractivity contribution in [2.75, 3.05) is 33.2 Å². The number of carbonyl (C=O) groups excluding carboxylic acids is 2. The minimum absolute atomic E-state index is 0.0774. The van der Waals surface area contributed by atoms with Gasteiger partial charge in [0, 0.05) is 44.8 Å². The molecule has 6 heteroatoms.